The van der Waals surface area contributed by atoms with Crippen molar-refractivity contribution in [1.82, 2.24) is 0 Å². The molecule has 0 nitrogen and oxygen atoms in total. The summed E-state index contributed by atoms with van der Waals surface area (Å²) in [6.07, 6.45) is 0. The SMILES string of the molecule is [BiH3].c1ccsc1. The van der Waals surface area contributed by atoms with Gasteiger partial charge in [0, 0.05) is 0 Å². The topological polar surface area (TPSA) is 0 Å². The van der Waals surface area contributed by atoms with E-state index < -0.39 is 0 Å². The molecule has 0 aromatic carbocycles. The Labute approximate surface area is 60.3 Å². The van der Waals surface area contributed by atoms with E-state index in [1.165, 1.54) is 0 Å². The third-order valence-electron chi connectivity index (χ3n) is 0.425. The molecule has 0 saturated heterocycles. The van der Waals surface area contributed by atoms with E-state index in [1.54, 1.807) is 11.3 Å². The van der Waals surface area contributed by atoms with E-state index in [4.69, 9.17) is 0 Å². The third-order valence-corrected chi connectivity index (χ3v) is 1.05. The minimum atomic E-state index is 0. The summed E-state index contributed by atoms with van der Waals surface area (Å²) in [5, 5.41) is 4.08. The first-order chi connectivity index (χ1) is 2.50. The standard InChI is InChI=1S/C4H4S.Bi.3H/c1-2-4-5-3-1;;;;/h1-4H;;;;. The van der Waals surface area contributed by atoms with E-state index in [2.05, 4.69) is 0 Å². The Balaban J connectivity index is 0.000000250. The first-order valence-electron chi connectivity index (χ1n) is 1.47. The number of hydrogen-bond acceptors (Lipinski definition) is 1. The summed E-state index contributed by atoms with van der Waals surface area (Å²) in [5.74, 6) is 0. The van der Waals surface area contributed by atoms with E-state index >= 15 is 0 Å². The average Bonchev–Trinajstić information content (AvgIpc) is 1.76. The Morgan fingerprint density at radius 2 is 1.50 bits per heavy atom. The number of thiophene rings is 1. The molecule has 0 aliphatic rings. The molecule has 0 spiro atoms. The van der Waals surface area contributed by atoms with E-state index in [-0.39, 0.29) is 26.2 Å². The maximum Gasteiger partial charge on any atom is -0.00934 e. The van der Waals surface area contributed by atoms with Gasteiger partial charge in [-0.1, -0.05) is 12.1 Å². The van der Waals surface area contributed by atoms with Gasteiger partial charge in [-0.3, -0.25) is 0 Å². The Bertz CT molecular complexity index is 64.0. The minimum absolute atomic E-state index is 0. The summed E-state index contributed by atoms with van der Waals surface area (Å²) in [6, 6.07) is 4.04. The summed E-state index contributed by atoms with van der Waals surface area (Å²) >= 11 is 1.71. The van der Waals surface area contributed by atoms with Gasteiger partial charge in [-0.2, -0.15) is 11.3 Å². The predicted molar refractivity (Wildman–Crippen MR) is 34.3 cm³/mol. The van der Waals surface area contributed by atoms with Crippen LogP contribution >= 0.6 is 11.3 Å². The van der Waals surface area contributed by atoms with Crippen molar-refractivity contribution in [1.29, 1.82) is 0 Å². The molecule has 0 bridgehead atoms. The molecular formula is C4H7BiS. The zero-order valence-electron chi connectivity index (χ0n) is 3.42. The van der Waals surface area contributed by atoms with Crippen LogP contribution in [0.3, 0.4) is 0 Å². The molecule has 0 atom stereocenters. The maximum absolute atomic E-state index is 2.04. The van der Waals surface area contributed by atoms with Gasteiger partial charge in [-0.25, -0.2) is 0 Å². The van der Waals surface area contributed by atoms with Crippen molar-refractivity contribution in [2.75, 3.05) is 0 Å². The number of rotatable bonds is 0. The van der Waals surface area contributed by atoms with Gasteiger partial charge in [-0.15, -0.1) is 0 Å². The van der Waals surface area contributed by atoms with Gasteiger partial charge in [0.2, 0.25) is 0 Å². The Morgan fingerprint density at radius 1 is 1.00 bits per heavy atom. The van der Waals surface area contributed by atoms with Gasteiger partial charge in [0.15, 0.2) is 0 Å². The van der Waals surface area contributed by atoms with Crippen molar-refractivity contribution in [3.63, 3.8) is 0 Å². The van der Waals surface area contributed by atoms with Crippen molar-refractivity contribution in [2.45, 2.75) is 0 Å². The van der Waals surface area contributed by atoms with Crippen LogP contribution in [0.15, 0.2) is 22.9 Å². The van der Waals surface area contributed by atoms with Crippen LogP contribution < -0.4 is 0 Å². The second-order valence-corrected chi connectivity index (χ2v) is 1.61. The van der Waals surface area contributed by atoms with Crippen LogP contribution in [0.2, 0.25) is 0 Å². The van der Waals surface area contributed by atoms with Crippen LogP contribution in [0.5, 0.6) is 0 Å². The zero-order chi connectivity index (χ0) is 3.54. The molecule has 2 heteroatoms. The average molecular weight is 296 g/mol. The molecule has 0 N–H and O–H groups in total. The van der Waals surface area contributed by atoms with Gasteiger partial charge in [0.25, 0.3) is 0 Å². The van der Waals surface area contributed by atoms with Crippen molar-refractivity contribution < 1.29 is 0 Å². The molecule has 1 aromatic rings. The monoisotopic (exact) mass is 296 g/mol. The van der Waals surface area contributed by atoms with Crippen LogP contribution in [0.25, 0.3) is 0 Å². The van der Waals surface area contributed by atoms with Gasteiger partial charge < -0.3 is 0 Å². The van der Waals surface area contributed by atoms with Crippen LogP contribution in [-0.2, 0) is 0 Å². The predicted octanol–water partition coefficient (Wildman–Crippen LogP) is 0.564. The summed E-state index contributed by atoms with van der Waals surface area (Å²) in [6.45, 7) is 0. The molecule has 1 aromatic heterocycles. The first kappa shape index (κ1) is 6.58. The van der Waals surface area contributed by atoms with Gasteiger partial charge in [-0.05, 0) is 10.8 Å². The molecule has 0 fully saturated rings. The molecule has 0 aliphatic heterocycles. The molecule has 0 amide bonds. The quantitative estimate of drug-likeness (QED) is 0.614. The summed E-state index contributed by atoms with van der Waals surface area (Å²) in [4.78, 5) is 0. The van der Waals surface area contributed by atoms with Crippen molar-refractivity contribution in [2.24, 2.45) is 0 Å². The molecule has 1 heterocycles. The molecule has 0 radical (unpaired) electrons. The maximum atomic E-state index is 2.04. The van der Waals surface area contributed by atoms with Crippen molar-refractivity contribution in [3.05, 3.63) is 22.9 Å². The van der Waals surface area contributed by atoms with Crippen molar-refractivity contribution >= 4 is 37.5 Å². The summed E-state index contributed by atoms with van der Waals surface area (Å²) in [7, 11) is 0. The Morgan fingerprint density at radius 3 is 1.67 bits per heavy atom. The second-order valence-electron chi connectivity index (χ2n) is 0.793. The summed E-state index contributed by atoms with van der Waals surface area (Å²) in [5.41, 5.74) is 0. The van der Waals surface area contributed by atoms with E-state index in [9.17, 15) is 0 Å². The smallest absolute Gasteiger partial charge is 0.00934 e. The molecule has 0 saturated carbocycles. The number of hydrogen-bond donors (Lipinski definition) is 0. The van der Waals surface area contributed by atoms with Crippen molar-refractivity contribution in [3.8, 4) is 0 Å². The fourth-order valence-corrected chi connectivity index (χ4v) is 0.680. The van der Waals surface area contributed by atoms with Crippen LogP contribution in [0, 0.1) is 0 Å². The van der Waals surface area contributed by atoms with Crippen LogP contribution in [-0.4, -0.2) is 26.2 Å². The third kappa shape index (κ3) is 1.89. The van der Waals surface area contributed by atoms with E-state index in [0.29, 0.717) is 0 Å². The first-order valence-corrected chi connectivity index (χ1v) is 2.41. The molecule has 1 rings (SSSR count). The van der Waals surface area contributed by atoms with E-state index in [1.807, 2.05) is 22.9 Å². The second kappa shape index (κ2) is 3.76. The fraction of sp³-hybridized carbons (Fsp3) is 0. The minimum Gasteiger partial charge on any atom is -0.152 e. The molecule has 6 heavy (non-hydrogen) atoms. The van der Waals surface area contributed by atoms with E-state index in [0.717, 1.165) is 0 Å². The Kier molecular flexibility index (Phi) is 4.13. The molecule has 34 valence electrons. The van der Waals surface area contributed by atoms with Crippen LogP contribution in [0.4, 0.5) is 0 Å². The van der Waals surface area contributed by atoms with Gasteiger partial charge >= 0.3 is 26.2 Å². The van der Waals surface area contributed by atoms with Crippen LogP contribution in [0.1, 0.15) is 0 Å². The largest absolute Gasteiger partial charge is 0.152 e. The zero-order valence-corrected chi connectivity index (χ0v) is 9.74. The molecule has 0 unspecified atom stereocenters. The van der Waals surface area contributed by atoms with Gasteiger partial charge in [0.05, 0.1) is 0 Å². The summed E-state index contributed by atoms with van der Waals surface area (Å²) < 4.78 is 0. The molecule has 0 aliphatic carbocycles. The Hall–Kier alpha value is 0.583. The molecular weight excluding hydrogens is 289 g/mol. The fourth-order valence-electron chi connectivity index (χ4n) is 0.227. The normalized spacial score (nSPS) is 6.67. The van der Waals surface area contributed by atoms with Gasteiger partial charge in [0.1, 0.15) is 0 Å².